The standard InChI is InChI=1S/C23H22N2O6S/c1-14-4-7-17(10-15(14)2)24-20(26)12-25-22(28)19(32-23(25)29)11-16-5-8-18(9-6-16)31-13-21(27)30-3/h4-11H,12-13H2,1-3H3,(H,24,26)/b19-11+. The average Bonchev–Trinajstić information content (AvgIpc) is 3.02. The number of carbonyl (C=O) groups excluding carboxylic acids is 4. The number of nitrogens with zero attached hydrogens (tertiary/aromatic N) is 1. The third kappa shape index (κ3) is 5.76. The number of imide groups is 1. The summed E-state index contributed by atoms with van der Waals surface area (Å²) in [6.07, 6.45) is 1.57. The molecule has 0 aromatic heterocycles. The lowest BCUT2D eigenvalue weighted by molar-refractivity contribution is -0.142. The van der Waals surface area contributed by atoms with Crippen LogP contribution in [0, 0.1) is 13.8 Å². The summed E-state index contributed by atoms with van der Waals surface area (Å²) in [6, 6.07) is 12.1. The molecule has 1 fully saturated rings. The summed E-state index contributed by atoms with van der Waals surface area (Å²) in [5.41, 5.74) is 3.40. The summed E-state index contributed by atoms with van der Waals surface area (Å²) in [4.78, 5) is 49.6. The van der Waals surface area contributed by atoms with Crippen LogP contribution in [0.25, 0.3) is 6.08 Å². The highest BCUT2D eigenvalue weighted by Gasteiger charge is 2.36. The molecule has 8 nitrogen and oxygen atoms in total. The second-order valence-corrected chi connectivity index (χ2v) is 8.04. The summed E-state index contributed by atoms with van der Waals surface area (Å²) in [6.45, 7) is 3.33. The molecule has 0 atom stereocenters. The van der Waals surface area contributed by atoms with E-state index in [1.54, 1.807) is 36.4 Å². The molecule has 0 saturated carbocycles. The lowest BCUT2D eigenvalue weighted by Crippen LogP contribution is -2.36. The quantitative estimate of drug-likeness (QED) is 0.504. The molecule has 1 aliphatic rings. The normalized spacial score (nSPS) is 14.6. The number of amides is 3. The second-order valence-electron chi connectivity index (χ2n) is 7.05. The lowest BCUT2D eigenvalue weighted by Gasteiger charge is -2.13. The molecule has 0 bridgehead atoms. The number of hydrogen-bond donors (Lipinski definition) is 1. The van der Waals surface area contributed by atoms with E-state index in [-0.39, 0.29) is 18.1 Å². The minimum atomic E-state index is -0.527. The maximum atomic E-state index is 12.6. The van der Waals surface area contributed by atoms with Crippen LogP contribution in [0.2, 0.25) is 0 Å². The van der Waals surface area contributed by atoms with Crippen molar-refractivity contribution < 1.29 is 28.7 Å². The van der Waals surface area contributed by atoms with Gasteiger partial charge in [0.05, 0.1) is 12.0 Å². The number of rotatable bonds is 7. The van der Waals surface area contributed by atoms with Crippen molar-refractivity contribution in [3.8, 4) is 5.75 Å². The van der Waals surface area contributed by atoms with Gasteiger partial charge in [-0.05, 0) is 72.6 Å². The van der Waals surface area contributed by atoms with Gasteiger partial charge in [0.25, 0.3) is 11.1 Å². The molecule has 1 aliphatic heterocycles. The average molecular weight is 455 g/mol. The van der Waals surface area contributed by atoms with E-state index in [0.29, 0.717) is 17.0 Å². The zero-order valence-corrected chi connectivity index (χ0v) is 18.7. The highest BCUT2D eigenvalue weighted by atomic mass is 32.2. The van der Waals surface area contributed by atoms with E-state index in [1.807, 2.05) is 26.0 Å². The number of carbonyl (C=O) groups is 4. The zero-order valence-electron chi connectivity index (χ0n) is 17.8. The fourth-order valence-electron chi connectivity index (χ4n) is 2.81. The number of nitrogens with one attached hydrogen (secondary N) is 1. The fraction of sp³-hybridized carbons (Fsp3) is 0.217. The van der Waals surface area contributed by atoms with Crippen molar-refractivity contribution in [1.82, 2.24) is 4.90 Å². The summed E-state index contributed by atoms with van der Waals surface area (Å²) in [7, 11) is 1.27. The molecule has 0 unspecified atom stereocenters. The van der Waals surface area contributed by atoms with Gasteiger partial charge in [0.15, 0.2) is 6.61 Å². The van der Waals surface area contributed by atoms with Gasteiger partial charge in [-0.25, -0.2) is 4.79 Å². The highest BCUT2D eigenvalue weighted by Crippen LogP contribution is 2.32. The maximum absolute atomic E-state index is 12.6. The van der Waals surface area contributed by atoms with E-state index in [4.69, 9.17) is 4.74 Å². The van der Waals surface area contributed by atoms with Gasteiger partial charge in [0.2, 0.25) is 5.91 Å². The minimum absolute atomic E-state index is 0.209. The summed E-state index contributed by atoms with van der Waals surface area (Å²) in [5, 5.41) is 2.21. The van der Waals surface area contributed by atoms with E-state index in [1.165, 1.54) is 7.11 Å². The SMILES string of the molecule is COC(=O)COc1ccc(/C=C2/SC(=O)N(CC(=O)Nc3ccc(C)c(C)c3)C2=O)cc1. The first-order valence-corrected chi connectivity index (χ1v) is 10.5. The van der Waals surface area contributed by atoms with Gasteiger partial charge in [-0.3, -0.25) is 19.3 Å². The van der Waals surface area contributed by atoms with Crippen molar-refractivity contribution in [2.75, 3.05) is 25.6 Å². The third-order valence-corrected chi connectivity index (χ3v) is 5.64. The molecule has 1 heterocycles. The molecule has 0 aliphatic carbocycles. The number of aryl methyl sites for hydroxylation is 2. The molecule has 9 heteroatoms. The molecular weight excluding hydrogens is 432 g/mol. The van der Waals surface area contributed by atoms with Crippen LogP contribution in [0.1, 0.15) is 16.7 Å². The first-order chi connectivity index (χ1) is 15.3. The molecule has 3 rings (SSSR count). The lowest BCUT2D eigenvalue weighted by atomic mass is 10.1. The van der Waals surface area contributed by atoms with Crippen molar-refractivity contribution in [2.45, 2.75) is 13.8 Å². The van der Waals surface area contributed by atoms with E-state index in [2.05, 4.69) is 10.1 Å². The van der Waals surface area contributed by atoms with Crippen LogP contribution in [0.4, 0.5) is 10.5 Å². The van der Waals surface area contributed by atoms with Gasteiger partial charge >= 0.3 is 5.97 Å². The van der Waals surface area contributed by atoms with Gasteiger partial charge in [0, 0.05) is 5.69 Å². The third-order valence-electron chi connectivity index (χ3n) is 4.73. The van der Waals surface area contributed by atoms with E-state index in [0.717, 1.165) is 27.8 Å². The summed E-state index contributed by atoms with van der Waals surface area (Å²) in [5.74, 6) is -1.02. The van der Waals surface area contributed by atoms with Gasteiger partial charge in [-0.1, -0.05) is 18.2 Å². The number of esters is 1. The molecular formula is C23H22N2O6S. The van der Waals surface area contributed by atoms with Crippen molar-refractivity contribution >= 4 is 46.5 Å². The number of benzene rings is 2. The largest absolute Gasteiger partial charge is 0.482 e. The minimum Gasteiger partial charge on any atom is -0.482 e. The summed E-state index contributed by atoms with van der Waals surface area (Å²) >= 11 is 0.777. The van der Waals surface area contributed by atoms with E-state index < -0.39 is 23.0 Å². The summed E-state index contributed by atoms with van der Waals surface area (Å²) < 4.78 is 9.78. The van der Waals surface area contributed by atoms with Gasteiger partial charge in [-0.15, -0.1) is 0 Å². The zero-order chi connectivity index (χ0) is 23.3. The fourth-order valence-corrected chi connectivity index (χ4v) is 3.65. The van der Waals surface area contributed by atoms with Crippen molar-refractivity contribution in [3.63, 3.8) is 0 Å². The molecule has 2 aromatic carbocycles. The Kier molecular flexibility index (Phi) is 7.32. The molecule has 0 radical (unpaired) electrons. The van der Waals surface area contributed by atoms with Crippen molar-refractivity contribution in [1.29, 1.82) is 0 Å². The van der Waals surface area contributed by atoms with Crippen LogP contribution in [-0.2, 0) is 19.1 Å². The maximum Gasteiger partial charge on any atom is 0.343 e. The van der Waals surface area contributed by atoms with Crippen LogP contribution in [0.15, 0.2) is 47.4 Å². The number of thioether (sulfide) groups is 1. The monoisotopic (exact) mass is 454 g/mol. The van der Waals surface area contributed by atoms with Gasteiger partial charge in [-0.2, -0.15) is 0 Å². The number of methoxy groups -OCH3 is 1. The molecule has 166 valence electrons. The van der Waals surface area contributed by atoms with E-state index >= 15 is 0 Å². The molecule has 1 saturated heterocycles. The Morgan fingerprint density at radius 2 is 1.78 bits per heavy atom. The van der Waals surface area contributed by atoms with E-state index in [9.17, 15) is 19.2 Å². The Hall–Kier alpha value is -3.59. The Balaban J connectivity index is 1.62. The smallest absolute Gasteiger partial charge is 0.343 e. The number of anilines is 1. The number of ether oxygens (including phenoxy) is 2. The Labute approximate surface area is 189 Å². The van der Waals surface area contributed by atoms with Crippen LogP contribution in [0.3, 0.4) is 0 Å². The number of hydrogen-bond acceptors (Lipinski definition) is 7. The highest BCUT2D eigenvalue weighted by molar-refractivity contribution is 8.18. The molecule has 2 aromatic rings. The first kappa shape index (κ1) is 23.1. The first-order valence-electron chi connectivity index (χ1n) is 9.69. The molecule has 0 spiro atoms. The predicted octanol–water partition coefficient (Wildman–Crippen LogP) is 3.53. The van der Waals surface area contributed by atoms with Gasteiger partial charge < -0.3 is 14.8 Å². The Bertz CT molecular complexity index is 1090. The second kappa shape index (κ2) is 10.1. The van der Waals surface area contributed by atoms with Gasteiger partial charge in [0.1, 0.15) is 12.3 Å². The topological polar surface area (TPSA) is 102 Å². The molecule has 3 amide bonds. The Morgan fingerprint density at radius 1 is 1.06 bits per heavy atom. The van der Waals surface area contributed by atoms with Crippen LogP contribution in [-0.4, -0.2) is 48.2 Å². The molecule has 1 N–H and O–H groups in total. The van der Waals surface area contributed by atoms with Crippen LogP contribution < -0.4 is 10.1 Å². The molecule has 32 heavy (non-hydrogen) atoms. The Morgan fingerprint density at radius 3 is 2.44 bits per heavy atom. The predicted molar refractivity (Wildman–Crippen MR) is 121 cm³/mol. The van der Waals surface area contributed by atoms with Crippen LogP contribution >= 0.6 is 11.8 Å². The van der Waals surface area contributed by atoms with Crippen molar-refractivity contribution in [3.05, 3.63) is 64.1 Å². The van der Waals surface area contributed by atoms with Crippen molar-refractivity contribution in [2.24, 2.45) is 0 Å². The van der Waals surface area contributed by atoms with Crippen LogP contribution in [0.5, 0.6) is 5.75 Å².